The summed E-state index contributed by atoms with van der Waals surface area (Å²) in [5.41, 5.74) is -5.36. The standard InChI is InChI=1S/C15H10BrClF5NO3/c16-8-3-4-10(23-12(24)7-17)9(6-8)13(25,11-2-1-5-26-11)14(18,19)15(20,21)22/h1-6,25H,7H2,(H,23,24). The van der Waals surface area contributed by atoms with E-state index < -0.39 is 46.5 Å². The number of benzene rings is 1. The first-order valence-corrected chi connectivity index (χ1v) is 8.14. The summed E-state index contributed by atoms with van der Waals surface area (Å²) in [6.45, 7) is 0. The molecule has 0 spiro atoms. The highest BCUT2D eigenvalue weighted by Crippen LogP contribution is 2.53. The average molecular weight is 463 g/mol. The van der Waals surface area contributed by atoms with Gasteiger partial charge in [-0.15, -0.1) is 11.6 Å². The normalized spacial score (nSPS) is 14.8. The SMILES string of the molecule is O=C(CCl)Nc1ccc(Br)cc1C(O)(c1ccco1)C(F)(F)C(F)(F)F. The van der Waals surface area contributed by atoms with E-state index in [4.69, 9.17) is 11.6 Å². The molecule has 4 nitrogen and oxygen atoms in total. The van der Waals surface area contributed by atoms with Crippen LogP contribution < -0.4 is 5.32 Å². The smallest absolute Gasteiger partial charge is 0.457 e. The van der Waals surface area contributed by atoms with Crippen LogP contribution in [-0.4, -0.2) is 29.0 Å². The van der Waals surface area contributed by atoms with Crippen molar-refractivity contribution in [3.8, 4) is 0 Å². The van der Waals surface area contributed by atoms with Crippen molar-refractivity contribution in [2.45, 2.75) is 17.7 Å². The van der Waals surface area contributed by atoms with E-state index >= 15 is 0 Å². The van der Waals surface area contributed by atoms with Crippen molar-refractivity contribution in [3.05, 3.63) is 52.4 Å². The quantitative estimate of drug-likeness (QED) is 0.502. The monoisotopic (exact) mass is 461 g/mol. The zero-order chi connectivity index (χ0) is 19.8. The minimum absolute atomic E-state index is 0.0827. The van der Waals surface area contributed by atoms with Gasteiger partial charge in [0, 0.05) is 15.7 Å². The number of rotatable bonds is 5. The van der Waals surface area contributed by atoms with Crippen LogP contribution in [0.25, 0.3) is 0 Å². The third-order valence-corrected chi connectivity index (χ3v) is 4.19. The van der Waals surface area contributed by atoms with Crippen molar-refractivity contribution < 1.29 is 36.3 Å². The summed E-state index contributed by atoms with van der Waals surface area (Å²) in [6, 6.07) is 4.97. The molecule has 1 heterocycles. The molecule has 11 heteroatoms. The number of carbonyl (C=O) groups is 1. The van der Waals surface area contributed by atoms with Crippen molar-refractivity contribution in [2.24, 2.45) is 0 Å². The van der Waals surface area contributed by atoms with Gasteiger partial charge < -0.3 is 14.8 Å². The van der Waals surface area contributed by atoms with E-state index in [1.54, 1.807) is 0 Å². The van der Waals surface area contributed by atoms with Crippen molar-refractivity contribution in [1.82, 2.24) is 0 Å². The first kappa shape index (κ1) is 20.7. The van der Waals surface area contributed by atoms with E-state index in [1.165, 1.54) is 6.07 Å². The topological polar surface area (TPSA) is 62.5 Å². The Morgan fingerprint density at radius 2 is 1.88 bits per heavy atom. The molecule has 1 atom stereocenters. The van der Waals surface area contributed by atoms with Crippen molar-refractivity contribution in [3.63, 3.8) is 0 Å². The first-order valence-electron chi connectivity index (χ1n) is 6.82. The minimum atomic E-state index is -6.12. The second-order valence-corrected chi connectivity index (χ2v) is 6.31. The Bertz CT molecular complexity index is 797. The molecular formula is C15H10BrClF5NO3. The summed E-state index contributed by atoms with van der Waals surface area (Å²) >= 11 is 8.28. The molecule has 2 rings (SSSR count). The zero-order valence-corrected chi connectivity index (χ0v) is 14.9. The summed E-state index contributed by atoms with van der Waals surface area (Å²) in [5.74, 6) is -8.16. The van der Waals surface area contributed by atoms with E-state index in [9.17, 15) is 31.9 Å². The molecule has 0 aliphatic heterocycles. The van der Waals surface area contributed by atoms with Gasteiger partial charge in [-0.3, -0.25) is 4.79 Å². The highest BCUT2D eigenvalue weighted by Gasteiger charge is 2.73. The molecule has 0 fully saturated rings. The number of furan rings is 1. The van der Waals surface area contributed by atoms with Crippen LogP contribution in [0.2, 0.25) is 0 Å². The first-order chi connectivity index (χ1) is 11.9. The van der Waals surface area contributed by atoms with Gasteiger partial charge in [-0.1, -0.05) is 15.9 Å². The molecule has 2 N–H and O–H groups in total. The largest absolute Gasteiger partial charge is 0.466 e. The molecule has 26 heavy (non-hydrogen) atoms. The van der Waals surface area contributed by atoms with Gasteiger partial charge in [0.15, 0.2) is 0 Å². The number of amides is 1. The molecule has 0 bridgehead atoms. The zero-order valence-electron chi connectivity index (χ0n) is 12.6. The van der Waals surface area contributed by atoms with Crippen LogP contribution in [0.1, 0.15) is 11.3 Å². The fourth-order valence-electron chi connectivity index (χ4n) is 2.25. The van der Waals surface area contributed by atoms with Gasteiger partial charge in [0.2, 0.25) is 11.5 Å². The molecule has 0 aliphatic rings. The Kier molecular flexibility index (Phi) is 5.69. The van der Waals surface area contributed by atoms with Gasteiger partial charge in [0.05, 0.1) is 6.26 Å². The van der Waals surface area contributed by atoms with Crippen LogP contribution in [0, 0.1) is 0 Å². The van der Waals surface area contributed by atoms with Crippen LogP contribution in [0.3, 0.4) is 0 Å². The average Bonchev–Trinajstić information content (AvgIpc) is 3.09. The van der Waals surface area contributed by atoms with Crippen molar-refractivity contribution >= 4 is 39.1 Å². The second kappa shape index (κ2) is 7.16. The van der Waals surface area contributed by atoms with Crippen LogP contribution in [0.5, 0.6) is 0 Å². The summed E-state index contributed by atoms with van der Waals surface area (Å²) < 4.78 is 72.8. The predicted molar refractivity (Wildman–Crippen MR) is 86.2 cm³/mol. The molecule has 142 valence electrons. The molecule has 1 aromatic heterocycles. The van der Waals surface area contributed by atoms with Gasteiger partial charge in [-0.05, 0) is 30.3 Å². The number of halogens is 7. The Balaban J connectivity index is 2.80. The summed E-state index contributed by atoms with van der Waals surface area (Å²) in [7, 11) is 0. The third kappa shape index (κ3) is 3.45. The third-order valence-electron chi connectivity index (χ3n) is 3.46. The number of alkyl halides is 6. The van der Waals surface area contributed by atoms with E-state index in [-0.39, 0.29) is 4.47 Å². The molecule has 2 aromatic rings. The lowest BCUT2D eigenvalue weighted by Crippen LogP contribution is -2.55. The van der Waals surface area contributed by atoms with Crippen LogP contribution >= 0.6 is 27.5 Å². The minimum Gasteiger partial charge on any atom is -0.466 e. The lowest BCUT2D eigenvalue weighted by molar-refractivity contribution is -0.339. The molecular weight excluding hydrogens is 453 g/mol. The van der Waals surface area contributed by atoms with Gasteiger partial charge in [0.25, 0.3) is 0 Å². The predicted octanol–water partition coefficient (Wildman–Crippen LogP) is 4.65. The van der Waals surface area contributed by atoms with E-state index in [1.807, 2.05) is 0 Å². The molecule has 0 aliphatic carbocycles. The Morgan fingerprint density at radius 3 is 2.38 bits per heavy atom. The van der Waals surface area contributed by atoms with Crippen molar-refractivity contribution in [1.29, 1.82) is 0 Å². The Labute approximate surface area is 157 Å². The maximum absolute atomic E-state index is 14.4. The number of anilines is 1. The number of hydrogen-bond donors (Lipinski definition) is 2. The van der Waals surface area contributed by atoms with Crippen molar-refractivity contribution in [2.75, 3.05) is 11.2 Å². The second-order valence-electron chi connectivity index (χ2n) is 5.13. The molecule has 1 aromatic carbocycles. The molecule has 1 amide bonds. The molecule has 0 saturated heterocycles. The number of aliphatic hydroxyl groups is 1. The summed E-state index contributed by atoms with van der Waals surface area (Å²) in [6.07, 6.45) is -5.29. The number of hydrogen-bond acceptors (Lipinski definition) is 3. The van der Waals surface area contributed by atoms with Crippen LogP contribution in [0.4, 0.5) is 27.6 Å². The number of carbonyl (C=O) groups excluding carboxylic acids is 1. The molecule has 0 radical (unpaired) electrons. The van der Waals surface area contributed by atoms with Gasteiger partial charge in [0.1, 0.15) is 11.6 Å². The lowest BCUT2D eigenvalue weighted by atomic mass is 9.83. The number of nitrogens with one attached hydrogen (secondary N) is 1. The van der Waals surface area contributed by atoms with E-state index in [0.717, 1.165) is 30.5 Å². The Hall–Kier alpha value is -1.65. The summed E-state index contributed by atoms with van der Waals surface area (Å²) in [4.78, 5) is 11.5. The van der Waals surface area contributed by atoms with Crippen LogP contribution in [-0.2, 0) is 10.4 Å². The summed E-state index contributed by atoms with van der Waals surface area (Å²) in [5, 5.41) is 12.7. The maximum Gasteiger partial charge on any atom is 0.457 e. The van der Waals surface area contributed by atoms with Gasteiger partial charge in [-0.2, -0.15) is 22.0 Å². The molecule has 0 saturated carbocycles. The maximum atomic E-state index is 14.4. The van der Waals surface area contributed by atoms with E-state index in [2.05, 4.69) is 25.7 Å². The fourth-order valence-corrected chi connectivity index (χ4v) is 2.68. The molecule has 1 unspecified atom stereocenters. The lowest BCUT2D eigenvalue weighted by Gasteiger charge is -2.36. The van der Waals surface area contributed by atoms with Crippen LogP contribution in [0.15, 0.2) is 45.5 Å². The van der Waals surface area contributed by atoms with Gasteiger partial charge >= 0.3 is 12.1 Å². The highest BCUT2D eigenvalue weighted by molar-refractivity contribution is 9.10. The fraction of sp³-hybridized carbons (Fsp3) is 0.267. The highest BCUT2D eigenvalue weighted by atomic mass is 79.9. The van der Waals surface area contributed by atoms with E-state index in [0.29, 0.717) is 0 Å². The Morgan fingerprint density at radius 1 is 1.23 bits per heavy atom. The van der Waals surface area contributed by atoms with Gasteiger partial charge in [-0.25, -0.2) is 0 Å².